The number of methoxy groups -OCH3 is 1. The summed E-state index contributed by atoms with van der Waals surface area (Å²) in [6.45, 7) is 2.44. The Morgan fingerprint density at radius 3 is 2.77 bits per heavy atom. The van der Waals surface area contributed by atoms with E-state index in [9.17, 15) is 14.9 Å². The molecule has 0 radical (unpaired) electrons. The molecule has 0 aliphatic carbocycles. The van der Waals surface area contributed by atoms with E-state index in [1.54, 1.807) is 30.3 Å². The molecule has 0 aliphatic heterocycles. The molecule has 1 N–H and O–H groups in total. The number of aromatic nitrogens is 1. The summed E-state index contributed by atoms with van der Waals surface area (Å²) in [7, 11) is 1.41. The van der Waals surface area contributed by atoms with E-state index in [4.69, 9.17) is 18.6 Å². The molecule has 0 bridgehead atoms. The van der Waals surface area contributed by atoms with Crippen molar-refractivity contribution in [3.63, 3.8) is 0 Å². The standard InChI is InChI=1S/C25H19N3O6S/c1-3-32-17-7-8-18-22(13-17)35-25(27-18)28-23(29)16(14-26)11-15-6-9-19(21(12-15)31-2)34-24(30)20-5-4-10-33-20/h4-13H,3H2,1-2H3,(H,27,28,29)/b16-11+. The van der Waals surface area contributed by atoms with E-state index in [2.05, 4.69) is 10.3 Å². The number of fused-ring (bicyclic) bond motifs is 1. The molecule has 0 spiro atoms. The number of hydrogen-bond acceptors (Lipinski definition) is 9. The highest BCUT2D eigenvalue weighted by atomic mass is 32.1. The molecule has 2 aromatic heterocycles. The number of carbonyl (C=O) groups is 2. The van der Waals surface area contributed by atoms with E-state index in [-0.39, 0.29) is 22.8 Å². The van der Waals surface area contributed by atoms with Crippen LogP contribution < -0.4 is 19.5 Å². The summed E-state index contributed by atoms with van der Waals surface area (Å²) in [4.78, 5) is 29.2. The van der Waals surface area contributed by atoms with Crippen molar-refractivity contribution in [2.75, 3.05) is 19.0 Å². The van der Waals surface area contributed by atoms with Gasteiger partial charge in [0, 0.05) is 0 Å². The van der Waals surface area contributed by atoms with Crippen LogP contribution in [0.4, 0.5) is 5.13 Å². The van der Waals surface area contributed by atoms with Gasteiger partial charge in [0.1, 0.15) is 17.4 Å². The quantitative estimate of drug-likeness (QED) is 0.158. The third-order valence-corrected chi connectivity index (χ3v) is 5.61. The molecule has 35 heavy (non-hydrogen) atoms. The molecule has 1 amide bonds. The summed E-state index contributed by atoms with van der Waals surface area (Å²) in [6, 6.07) is 15.0. The Labute approximate surface area is 204 Å². The second-order valence-electron chi connectivity index (χ2n) is 6.98. The molecule has 0 saturated heterocycles. The first kappa shape index (κ1) is 23.5. The van der Waals surface area contributed by atoms with Gasteiger partial charge in [0.25, 0.3) is 5.91 Å². The highest BCUT2D eigenvalue weighted by Gasteiger charge is 2.16. The Bertz CT molecular complexity index is 1450. The maximum atomic E-state index is 12.7. The second kappa shape index (κ2) is 10.5. The smallest absolute Gasteiger partial charge is 0.379 e. The van der Waals surface area contributed by atoms with E-state index in [0.29, 0.717) is 28.6 Å². The van der Waals surface area contributed by atoms with Crippen LogP contribution in [0.15, 0.2) is 64.8 Å². The summed E-state index contributed by atoms with van der Waals surface area (Å²) in [5.41, 5.74) is 1.07. The van der Waals surface area contributed by atoms with Crippen molar-refractivity contribution in [2.24, 2.45) is 0 Å². The number of ether oxygens (including phenoxy) is 3. The number of nitriles is 1. The van der Waals surface area contributed by atoms with E-state index < -0.39 is 11.9 Å². The monoisotopic (exact) mass is 489 g/mol. The van der Waals surface area contributed by atoms with E-state index >= 15 is 0 Å². The van der Waals surface area contributed by atoms with Gasteiger partial charge in [-0.25, -0.2) is 9.78 Å². The van der Waals surface area contributed by atoms with Crippen LogP contribution in [-0.4, -0.2) is 30.6 Å². The molecule has 176 valence electrons. The van der Waals surface area contributed by atoms with Crippen LogP contribution >= 0.6 is 11.3 Å². The molecule has 9 nitrogen and oxygen atoms in total. The van der Waals surface area contributed by atoms with Crippen molar-refractivity contribution in [2.45, 2.75) is 6.92 Å². The lowest BCUT2D eigenvalue weighted by Crippen LogP contribution is -2.13. The van der Waals surface area contributed by atoms with Gasteiger partial charge in [-0.3, -0.25) is 10.1 Å². The van der Waals surface area contributed by atoms with Gasteiger partial charge in [0.2, 0.25) is 5.76 Å². The van der Waals surface area contributed by atoms with Crippen LogP contribution in [0.3, 0.4) is 0 Å². The second-order valence-corrected chi connectivity index (χ2v) is 8.01. The van der Waals surface area contributed by atoms with Crippen molar-refractivity contribution in [1.82, 2.24) is 4.98 Å². The third-order valence-electron chi connectivity index (χ3n) is 4.68. The number of rotatable bonds is 8. The summed E-state index contributed by atoms with van der Waals surface area (Å²) in [6.07, 6.45) is 2.76. The lowest BCUT2D eigenvalue weighted by Gasteiger charge is -2.09. The summed E-state index contributed by atoms with van der Waals surface area (Å²) in [5.74, 6) is -0.126. The summed E-state index contributed by atoms with van der Waals surface area (Å²) in [5, 5.41) is 12.6. The Morgan fingerprint density at radius 2 is 2.06 bits per heavy atom. The lowest BCUT2D eigenvalue weighted by molar-refractivity contribution is -0.112. The first-order chi connectivity index (χ1) is 17.0. The van der Waals surface area contributed by atoms with Crippen molar-refractivity contribution in [3.05, 3.63) is 71.7 Å². The first-order valence-electron chi connectivity index (χ1n) is 10.4. The zero-order valence-electron chi connectivity index (χ0n) is 18.7. The van der Waals surface area contributed by atoms with Crippen LogP contribution in [0.1, 0.15) is 23.0 Å². The number of hydrogen-bond donors (Lipinski definition) is 1. The maximum absolute atomic E-state index is 12.7. The van der Waals surface area contributed by atoms with E-state index in [0.717, 1.165) is 4.70 Å². The number of benzene rings is 2. The highest BCUT2D eigenvalue weighted by Crippen LogP contribution is 2.31. The fourth-order valence-electron chi connectivity index (χ4n) is 3.10. The molecule has 2 heterocycles. The Hall–Kier alpha value is -4.62. The number of nitrogens with zero attached hydrogens (tertiary/aromatic N) is 2. The molecular weight excluding hydrogens is 470 g/mol. The number of anilines is 1. The predicted molar refractivity (Wildman–Crippen MR) is 130 cm³/mol. The Balaban J connectivity index is 1.51. The molecule has 0 fully saturated rings. The molecule has 0 unspecified atom stereocenters. The van der Waals surface area contributed by atoms with E-state index in [1.807, 2.05) is 19.1 Å². The van der Waals surface area contributed by atoms with Gasteiger partial charge in [-0.2, -0.15) is 5.26 Å². The van der Waals surface area contributed by atoms with Crippen LogP contribution in [0.25, 0.3) is 16.3 Å². The van der Waals surface area contributed by atoms with Crippen molar-refractivity contribution in [1.29, 1.82) is 5.26 Å². The zero-order chi connectivity index (χ0) is 24.8. The van der Waals surface area contributed by atoms with E-state index in [1.165, 1.54) is 42.9 Å². The molecule has 4 rings (SSSR count). The van der Waals surface area contributed by atoms with Crippen molar-refractivity contribution >= 4 is 44.6 Å². The van der Waals surface area contributed by atoms with Gasteiger partial charge in [-0.05, 0) is 61.0 Å². The van der Waals surface area contributed by atoms with Gasteiger partial charge in [-0.15, -0.1) is 0 Å². The molecule has 2 aromatic carbocycles. The zero-order valence-corrected chi connectivity index (χ0v) is 19.5. The summed E-state index contributed by atoms with van der Waals surface area (Å²) >= 11 is 1.28. The minimum absolute atomic E-state index is 0.0448. The lowest BCUT2D eigenvalue weighted by atomic mass is 10.1. The number of amides is 1. The molecular formula is C25H19N3O6S. The van der Waals surface area contributed by atoms with Crippen LogP contribution in [0.2, 0.25) is 0 Å². The first-order valence-corrected chi connectivity index (χ1v) is 11.2. The average Bonchev–Trinajstić information content (AvgIpc) is 3.53. The molecule has 4 aromatic rings. The van der Waals surface area contributed by atoms with Gasteiger partial charge in [0.05, 0.1) is 30.2 Å². The SMILES string of the molecule is CCOc1ccc2nc(NC(=O)/C(C#N)=C/c3ccc(OC(=O)c4ccco4)c(OC)c3)sc2c1. The van der Waals surface area contributed by atoms with Crippen LogP contribution in [0, 0.1) is 11.3 Å². The summed E-state index contributed by atoms with van der Waals surface area (Å²) < 4.78 is 22.0. The van der Waals surface area contributed by atoms with Crippen LogP contribution in [-0.2, 0) is 4.79 Å². The number of furan rings is 1. The molecule has 0 saturated carbocycles. The van der Waals surface area contributed by atoms with Crippen molar-refractivity contribution < 1.29 is 28.2 Å². The minimum Gasteiger partial charge on any atom is -0.494 e. The van der Waals surface area contributed by atoms with Crippen LogP contribution in [0.5, 0.6) is 17.2 Å². The van der Waals surface area contributed by atoms with Gasteiger partial charge >= 0.3 is 5.97 Å². The number of thiazole rings is 1. The third kappa shape index (κ3) is 5.48. The number of carbonyl (C=O) groups excluding carboxylic acids is 2. The highest BCUT2D eigenvalue weighted by molar-refractivity contribution is 7.22. The fraction of sp³-hybridized carbons (Fsp3) is 0.120. The Kier molecular flexibility index (Phi) is 7.09. The fourth-order valence-corrected chi connectivity index (χ4v) is 3.99. The Morgan fingerprint density at radius 1 is 1.20 bits per heavy atom. The molecule has 0 atom stereocenters. The maximum Gasteiger partial charge on any atom is 0.379 e. The van der Waals surface area contributed by atoms with Gasteiger partial charge in [0.15, 0.2) is 16.6 Å². The minimum atomic E-state index is -0.683. The average molecular weight is 490 g/mol. The number of nitrogens with one attached hydrogen (secondary N) is 1. The van der Waals surface area contributed by atoms with Gasteiger partial charge in [-0.1, -0.05) is 17.4 Å². The van der Waals surface area contributed by atoms with Gasteiger partial charge < -0.3 is 18.6 Å². The van der Waals surface area contributed by atoms with Crippen molar-refractivity contribution in [3.8, 4) is 23.3 Å². The molecule has 0 aliphatic rings. The largest absolute Gasteiger partial charge is 0.494 e. The predicted octanol–water partition coefficient (Wildman–Crippen LogP) is 5.06. The number of esters is 1. The topological polar surface area (TPSA) is 124 Å². The normalized spacial score (nSPS) is 11.1. The molecule has 10 heteroatoms.